The summed E-state index contributed by atoms with van der Waals surface area (Å²) in [5.74, 6) is -2.90. The predicted molar refractivity (Wildman–Crippen MR) is 103 cm³/mol. The fourth-order valence-electron chi connectivity index (χ4n) is 2.10. The fraction of sp³-hybridized carbons (Fsp3) is 0.526. The molecule has 0 fully saturated rings. The van der Waals surface area contributed by atoms with Crippen LogP contribution in [-0.2, 0) is 25.5 Å². The molecule has 0 unspecified atom stereocenters. The number of alkyl carbamates (subject to hydrolysis) is 1. The van der Waals surface area contributed by atoms with Crippen LogP contribution in [0.1, 0.15) is 33.3 Å². The molecule has 7 nitrogen and oxygen atoms in total. The molecule has 1 amide bonds. The number of carbonyl (C=O) groups is 3. The first-order valence-electron chi connectivity index (χ1n) is 8.72. The summed E-state index contributed by atoms with van der Waals surface area (Å²) < 4.78 is 11.2. The summed E-state index contributed by atoms with van der Waals surface area (Å²) in [5.41, 5.74) is 0.831. The van der Waals surface area contributed by atoms with Crippen molar-refractivity contribution in [2.24, 2.45) is 17.8 Å². The van der Waals surface area contributed by atoms with Gasteiger partial charge in [-0.3, -0.25) is 9.59 Å². The molecule has 8 heteroatoms. The third kappa shape index (κ3) is 8.43. The second-order valence-electron chi connectivity index (χ2n) is 6.86. The van der Waals surface area contributed by atoms with Gasteiger partial charge in [0.25, 0.3) is 6.29 Å². The average Bonchev–Trinajstić information content (AvgIpc) is 2.57. The van der Waals surface area contributed by atoms with Crippen LogP contribution in [-0.4, -0.2) is 36.0 Å². The molecule has 0 bridgehead atoms. The van der Waals surface area contributed by atoms with Crippen molar-refractivity contribution in [2.75, 3.05) is 6.54 Å². The van der Waals surface area contributed by atoms with Crippen molar-refractivity contribution in [3.05, 3.63) is 34.3 Å². The minimum absolute atomic E-state index is 0.108. The quantitative estimate of drug-likeness (QED) is 0.446. The van der Waals surface area contributed by atoms with Crippen molar-refractivity contribution in [3.63, 3.8) is 0 Å². The number of halogens is 1. The molecule has 0 spiro atoms. The van der Waals surface area contributed by atoms with Gasteiger partial charge in [-0.25, -0.2) is 4.79 Å². The second kappa shape index (κ2) is 10.9. The number of carboxylic acid groups (broad SMARTS) is 1. The number of esters is 1. The normalized spacial score (nSPS) is 13.1. The average molecular weight is 444 g/mol. The number of benzene rings is 1. The Balaban J connectivity index is 2.62. The zero-order chi connectivity index (χ0) is 20.6. The lowest BCUT2D eigenvalue weighted by molar-refractivity contribution is -0.178. The molecule has 0 aliphatic heterocycles. The van der Waals surface area contributed by atoms with Gasteiger partial charge in [-0.15, -0.1) is 0 Å². The van der Waals surface area contributed by atoms with Gasteiger partial charge in [0, 0.05) is 16.9 Å². The van der Waals surface area contributed by atoms with Gasteiger partial charge in [0.2, 0.25) is 0 Å². The molecular formula is C19H26BrNO6. The molecule has 1 aromatic carbocycles. The summed E-state index contributed by atoms with van der Waals surface area (Å²) >= 11 is 3.34. The number of ether oxygens (including phenoxy) is 2. The van der Waals surface area contributed by atoms with E-state index in [9.17, 15) is 19.5 Å². The van der Waals surface area contributed by atoms with Gasteiger partial charge in [0.1, 0.15) is 0 Å². The van der Waals surface area contributed by atoms with Crippen LogP contribution in [0.3, 0.4) is 0 Å². The number of hydrogen-bond donors (Lipinski definition) is 2. The van der Waals surface area contributed by atoms with Gasteiger partial charge in [0.15, 0.2) is 0 Å². The van der Waals surface area contributed by atoms with E-state index >= 15 is 0 Å². The third-order valence-electron chi connectivity index (χ3n) is 3.68. The highest BCUT2D eigenvalue weighted by molar-refractivity contribution is 9.10. The number of carbonyl (C=O) groups excluding carboxylic acids is 2. The van der Waals surface area contributed by atoms with Crippen LogP contribution in [0, 0.1) is 17.8 Å². The van der Waals surface area contributed by atoms with Gasteiger partial charge >= 0.3 is 18.0 Å². The summed E-state index contributed by atoms with van der Waals surface area (Å²) in [6, 6.07) is 7.31. The Labute approximate surface area is 167 Å². The molecule has 0 heterocycles. The van der Waals surface area contributed by atoms with Crippen LogP contribution in [0.4, 0.5) is 4.79 Å². The number of amides is 1. The second-order valence-corrected chi connectivity index (χ2v) is 7.78. The zero-order valence-electron chi connectivity index (χ0n) is 15.9. The molecule has 0 radical (unpaired) electrons. The van der Waals surface area contributed by atoms with Crippen molar-refractivity contribution in [2.45, 2.75) is 40.4 Å². The standard InChI is InChI=1S/C19H26BrNO6/c1-11(2)17(24)26-18(12(3)4)27-19(25)21-10-14(16(22)23)8-13-6-5-7-15(20)9-13/h5-7,9,11-12,14,18H,8,10H2,1-4H3,(H,21,25)(H,22,23)/t14-,18+/m0/s1. The summed E-state index contributed by atoms with van der Waals surface area (Å²) in [5, 5.41) is 11.8. The molecule has 27 heavy (non-hydrogen) atoms. The molecule has 0 aromatic heterocycles. The van der Waals surface area contributed by atoms with Crippen molar-refractivity contribution >= 4 is 34.0 Å². The predicted octanol–water partition coefficient (Wildman–Crippen LogP) is 3.60. The minimum Gasteiger partial charge on any atom is -0.481 e. The van der Waals surface area contributed by atoms with Crippen LogP contribution in [0.25, 0.3) is 0 Å². The van der Waals surface area contributed by atoms with E-state index in [1.807, 2.05) is 24.3 Å². The molecule has 2 atom stereocenters. The lowest BCUT2D eigenvalue weighted by Gasteiger charge is -2.23. The van der Waals surface area contributed by atoms with Crippen LogP contribution in [0.2, 0.25) is 0 Å². The van der Waals surface area contributed by atoms with E-state index in [0.29, 0.717) is 0 Å². The van der Waals surface area contributed by atoms with Gasteiger partial charge in [-0.05, 0) is 24.1 Å². The van der Waals surface area contributed by atoms with E-state index < -0.39 is 30.2 Å². The van der Waals surface area contributed by atoms with Crippen molar-refractivity contribution < 1.29 is 29.0 Å². The zero-order valence-corrected chi connectivity index (χ0v) is 17.5. The Morgan fingerprint density at radius 1 is 1.15 bits per heavy atom. The van der Waals surface area contributed by atoms with E-state index in [4.69, 9.17) is 9.47 Å². The topological polar surface area (TPSA) is 102 Å². The summed E-state index contributed by atoms with van der Waals surface area (Å²) in [6.45, 7) is 6.75. The maximum absolute atomic E-state index is 12.0. The third-order valence-corrected chi connectivity index (χ3v) is 4.18. The number of aliphatic carboxylic acids is 1. The first kappa shape index (κ1) is 23.0. The lowest BCUT2D eigenvalue weighted by Crippen LogP contribution is -2.39. The summed E-state index contributed by atoms with van der Waals surface area (Å²) in [7, 11) is 0. The van der Waals surface area contributed by atoms with E-state index in [0.717, 1.165) is 10.0 Å². The highest BCUT2D eigenvalue weighted by atomic mass is 79.9. The van der Waals surface area contributed by atoms with Gasteiger partial charge in [-0.2, -0.15) is 0 Å². The first-order valence-corrected chi connectivity index (χ1v) is 9.51. The molecule has 1 aromatic rings. The first-order chi connectivity index (χ1) is 12.6. The van der Waals surface area contributed by atoms with E-state index in [2.05, 4.69) is 21.2 Å². The SMILES string of the molecule is CC(C)C(=O)O[C@H](OC(=O)NC[C@H](Cc1cccc(Br)c1)C(=O)O)C(C)C. The molecule has 1 rings (SSSR count). The molecule has 2 N–H and O–H groups in total. The summed E-state index contributed by atoms with van der Waals surface area (Å²) in [6.07, 6.45) is -1.61. The number of carboxylic acids is 1. The van der Waals surface area contributed by atoms with Crippen molar-refractivity contribution in [3.8, 4) is 0 Å². The Bertz CT molecular complexity index is 661. The Kier molecular flexibility index (Phi) is 9.28. The van der Waals surface area contributed by atoms with Crippen LogP contribution >= 0.6 is 15.9 Å². The monoisotopic (exact) mass is 443 g/mol. The number of nitrogens with one attached hydrogen (secondary N) is 1. The van der Waals surface area contributed by atoms with Crippen LogP contribution in [0.5, 0.6) is 0 Å². The number of hydrogen-bond acceptors (Lipinski definition) is 5. The molecule has 0 aliphatic carbocycles. The smallest absolute Gasteiger partial charge is 0.410 e. The lowest BCUT2D eigenvalue weighted by atomic mass is 9.99. The summed E-state index contributed by atoms with van der Waals surface area (Å²) in [4.78, 5) is 35.2. The number of rotatable bonds is 9. The van der Waals surface area contributed by atoms with E-state index in [-0.39, 0.29) is 24.8 Å². The van der Waals surface area contributed by atoms with Crippen LogP contribution < -0.4 is 5.32 Å². The van der Waals surface area contributed by atoms with Crippen molar-refractivity contribution in [1.82, 2.24) is 5.32 Å². The van der Waals surface area contributed by atoms with Crippen LogP contribution in [0.15, 0.2) is 28.7 Å². The molecular weight excluding hydrogens is 418 g/mol. The fourth-order valence-corrected chi connectivity index (χ4v) is 2.54. The van der Waals surface area contributed by atoms with E-state index in [1.54, 1.807) is 27.7 Å². The largest absolute Gasteiger partial charge is 0.481 e. The Morgan fingerprint density at radius 3 is 2.33 bits per heavy atom. The maximum Gasteiger partial charge on any atom is 0.410 e. The Morgan fingerprint density at radius 2 is 1.81 bits per heavy atom. The molecule has 0 saturated heterocycles. The van der Waals surface area contributed by atoms with Gasteiger partial charge < -0.3 is 19.9 Å². The van der Waals surface area contributed by atoms with Crippen molar-refractivity contribution in [1.29, 1.82) is 0 Å². The minimum atomic E-state index is -1.03. The van der Waals surface area contributed by atoms with Gasteiger partial charge in [-0.1, -0.05) is 55.8 Å². The molecule has 150 valence electrons. The molecule has 0 aliphatic rings. The Hall–Kier alpha value is -2.09. The molecule has 0 saturated carbocycles. The van der Waals surface area contributed by atoms with Gasteiger partial charge in [0.05, 0.1) is 11.8 Å². The van der Waals surface area contributed by atoms with E-state index in [1.165, 1.54) is 0 Å². The maximum atomic E-state index is 12.0. The highest BCUT2D eigenvalue weighted by Crippen LogP contribution is 2.16. The highest BCUT2D eigenvalue weighted by Gasteiger charge is 2.25.